The lowest BCUT2D eigenvalue weighted by Crippen LogP contribution is -2.46. The molecule has 174 valence electrons. The average molecular weight is 465 g/mol. The number of piperazine rings is 1. The Hall–Kier alpha value is -1.20. The molecule has 0 bridgehead atoms. The summed E-state index contributed by atoms with van der Waals surface area (Å²) in [5, 5.41) is 1.33. The number of aliphatic imine (C=N–C) groups is 1. The number of allylic oxidation sites excluding steroid dienone is 2. The third kappa shape index (κ3) is 8.02. The second-order valence-electron chi connectivity index (χ2n) is 9.56. The average Bonchev–Trinajstić information content (AvgIpc) is 2.71. The first-order valence-corrected chi connectivity index (χ1v) is 13.0. The molecular formula is C25H41ClN4S. The van der Waals surface area contributed by atoms with Crippen molar-refractivity contribution in [2.45, 2.75) is 79.4 Å². The Balaban J connectivity index is 2.10. The van der Waals surface area contributed by atoms with Crippen LogP contribution in [0.3, 0.4) is 0 Å². The van der Waals surface area contributed by atoms with Gasteiger partial charge in [0.25, 0.3) is 0 Å². The van der Waals surface area contributed by atoms with Gasteiger partial charge in [-0.15, -0.1) is 11.8 Å². The number of anilines is 1. The zero-order valence-corrected chi connectivity index (χ0v) is 22.1. The number of aromatic nitrogens is 1. The van der Waals surface area contributed by atoms with Crippen molar-refractivity contribution in [3.05, 3.63) is 28.4 Å². The van der Waals surface area contributed by atoms with Crippen LogP contribution in [0.2, 0.25) is 5.02 Å². The maximum atomic E-state index is 6.61. The van der Waals surface area contributed by atoms with Crippen molar-refractivity contribution in [2.24, 2.45) is 10.4 Å². The number of nitrogens with zero attached hydrogens (tertiary/aromatic N) is 4. The largest absolute Gasteiger partial charge is 0.372 e. The summed E-state index contributed by atoms with van der Waals surface area (Å²) in [6.07, 6.45) is 6.88. The topological polar surface area (TPSA) is 31.7 Å². The minimum atomic E-state index is 0.291. The molecule has 2 rings (SSSR count). The molecule has 4 nitrogen and oxygen atoms in total. The first kappa shape index (κ1) is 26.1. The monoisotopic (exact) mass is 464 g/mol. The predicted molar refractivity (Wildman–Crippen MR) is 140 cm³/mol. The highest BCUT2D eigenvalue weighted by atomic mass is 35.5. The molecule has 0 amide bonds. The molecule has 1 fully saturated rings. The molecule has 1 aromatic rings. The summed E-state index contributed by atoms with van der Waals surface area (Å²) in [6, 6.07) is 2.01. The van der Waals surface area contributed by atoms with Crippen LogP contribution in [0.5, 0.6) is 0 Å². The Morgan fingerprint density at radius 3 is 2.39 bits per heavy atom. The van der Waals surface area contributed by atoms with E-state index < -0.39 is 0 Å². The third-order valence-corrected chi connectivity index (χ3v) is 7.15. The Bertz CT molecular complexity index is 758. The minimum absolute atomic E-state index is 0.291. The van der Waals surface area contributed by atoms with Crippen LogP contribution in [0.4, 0.5) is 11.6 Å². The van der Waals surface area contributed by atoms with E-state index in [0.29, 0.717) is 10.7 Å². The Labute approximate surface area is 199 Å². The maximum Gasteiger partial charge on any atom is 0.157 e. The van der Waals surface area contributed by atoms with Crippen molar-refractivity contribution in [2.75, 3.05) is 31.1 Å². The minimum Gasteiger partial charge on any atom is -0.372 e. The molecule has 2 heterocycles. The smallest absolute Gasteiger partial charge is 0.157 e. The third-order valence-electron chi connectivity index (χ3n) is 5.60. The summed E-state index contributed by atoms with van der Waals surface area (Å²) in [4.78, 5) is 14.4. The summed E-state index contributed by atoms with van der Waals surface area (Å²) in [6.45, 7) is 19.5. The van der Waals surface area contributed by atoms with Crippen molar-refractivity contribution in [3.8, 4) is 0 Å². The number of hydrogen-bond donors (Lipinski definition) is 0. The Morgan fingerprint density at radius 2 is 1.84 bits per heavy atom. The molecule has 1 saturated heterocycles. The fourth-order valence-corrected chi connectivity index (χ4v) is 4.90. The number of aryl methyl sites for hydroxylation is 1. The van der Waals surface area contributed by atoms with Crippen LogP contribution in [0.25, 0.3) is 0 Å². The van der Waals surface area contributed by atoms with Crippen LogP contribution in [-0.2, 0) is 0 Å². The van der Waals surface area contributed by atoms with E-state index >= 15 is 0 Å². The molecule has 0 aromatic carbocycles. The highest BCUT2D eigenvalue weighted by molar-refractivity contribution is 8.12. The fourth-order valence-electron chi connectivity index (χ4n) is 3.86. The lowest BCUT2D eigenvalue weighted by Gasteiger charge is -2.39. The van der Waals surface area contributed by atoms with E-state index in [1.807, 2.05) is 18.5 Å². The number of thioether (sulfide) groups is 1. The normalized spacial score (nSPS) is 16.1. The molecule has 1 aromatic heterocycles. The summed E-state index contributed by atoms with van der Waals surface area (Å²) in [7, 11) is 0. The zero-order valence-electron chi connectivity index (χ0n) is 20.5. The van der Waals surface area contributed by atoms with Gasteiger partial charge in [0.2, 0.25) is 0 Å². The fraction of sp³-hybridized carbons (Fsp3) is 0.680. The predicted octanol–water partition coefficient (Wildman–Crippen LogP) is 7.48. The van der Waals surface area contributed by atoms with Gasteiger partial charge in [0.1, 0.15) is 5.82 Å². The van der Waals surface area contributed by atoms with E-state index in [1.165, 1.54) is 5.70 Å². The van der Waals surface area contributed by atoms with Crippen LogP contribution in [-0.4, -0.2) is 46.9 Å². The molecule has 31 heavy (non-hydrogen) atoms. The molecule has 1 aliphatic heterocycles. The molecule has 0 aliphatic carbocycles. The van der Waals surface area contributed by atoms with Crippen molar-refractivity contribution >= 4 is 40.5 Å². The quantitative estimate of drug-likeness (QED) is 0.280. The van der Waals surface area contributed by atoms with E-state index in [1.54, 1.807) is 11.8 Å². The first-order valence-electron chi connectivity index (χ1n) is 11.7. The maximum absolute atomic E-state index is 6.61. The van der Waals surface area contributed by atoms with Crippen LogP contribution in [0.1, 0.15) is 72.8 Å². The van der Waals surface area contributed by atoms with Gasteiger partial charge in [-0.3, -0.25) is 0 Å². The van der Waals surface area contributed by atoms with E-state index in [4.69, 9.17) is 16.6 Å². The zero-order chi connectivity index (χ0) is 23.0. The van der Waals surface area contributed by atoms with E-state index in [2.05, 4.69) is 62.4 Å². The van der Waals surface area contributed by atoms with Gasteiger partial charge in [0.15, 0.2) is 5.82 Å². The molecule has 0 saturated carbocycles. The van der Waals surface area contributed by atoms with Crippen LogP contribution in [0.15, 0.2) is 22.8 Å². The van der Waals surface area contributed by atoms with E-state index in [0.717, 1.165) is 74.1 Å². The van der Waals surface area contributed by atoms with Crippen LogP contribution < -0.4 is 4.90 Å². The highest BCUT2D eigenvalue weighted by Crippen LogP contribution is 2.32. The molecule has 0 atom stereocenters. The Kier molecular flexibility index (Phi) is 10.2. The van der Waals surface area contributed by atoms with Gasteiger partial charge in [-0.25, -0.2) is 9.98 Å². The molecule has 0 unspecified atom stereocenters. The standard InChI is InChI=1S/C25H41ClN4S/c1-8-11-20(17-25(5,6)7)29-12-14-30(15-13-29)24-22(26)16-19(4)23(28-24)27-18-31-21(9-2)10-3/h11,16,18,21H,8-10,12-15,17H2,1-7H3/b20-11+,27-18?. The van der Waals surface area contributed by atoms with Crippen molar-refractivity contribution < 1.29 is 0 Å². The van der Waals surface area contributed by atoms with Gasteiger partial charge >= 0.3 is 0 Å². The van der Waals surface area contributed by atoms with Gasteiger partial charge in [0.05, 0.1) is 10.6 Å². The number of hydrogen-bond acceptors (Lipinski definition) is 5. The van der Waals surface area contributed by atoms with Gasteiger partial charge in [-0.2, -0.15) is 0 Å². The van der Waals surface area contributed by atoms with E-state index in [9.17, 15) is 0 Å². The summed E-state index contributed by atoms with van der Waals surface area (Å²) in [5.74, 6) is 1.64. The van der Waals surface area contributed by atoms with Gasteiger partial charge in [0, 0.05) is 37.1 Å². The van der Waals surface area contributed by atoms with Crippen molar-refractivity contribution in [3.63, 3.8) is 0 Å². The van der Waals surface area contributed by atoms with Crippen LogP contribution >= 0.6 is 23.4 Å². The Morgan fingerprint density at radius 1 is 1.19 bits per heavy atom. The molecule has 0 radical (unpaired) electrons. The number of rotatable bonds is 9. The molecule has 0 N–H and O–H groups in total. The summed E-state index contributed by atoms with van der Waals surface area (Å²) in [5.41, 5.74) is 4.74. The molecule has 1 aliphatic rings. The summed E-state index contributed by atoms with van der Waals surface area (Å²) >= 11 is 8.41. The lowest BCUT2D eigenvalue weighted by atomic mass is 9.89. The first-order chi connectivity index (χ1) is 14.7. The SMILES string of the molecule is CC/C=C(\CC(C)(C)C)N1CCN(c2nc(N=CSC(CC)CC)c(C)cc2Cl)CC1. The second-order valence-corrected chi connectivity index (χ2v) is 11.1. The second kappa shape index (κ2) is 12.2. The van der Waals surface area contributed by atoms with Crippen molar-refractivity contribution in [1.82, 2.24) is 9.88 Å². The van der Waals surface area contributed by atoms with Gasteiger partial charge in [-0.05, 0) is 49.7 Å². The van der Waals surface area contributed by atoms with Gasteiger partial charge in [-0.1, -0.05) is 59.2 Å². The number of pyridine rings is 1. The highest BCUT2D eigenvalue weighted by Gasteiger charge is 2.24. The van der Waals surface area contributed by atoms with Gasteiger partial charge < -0.3 is 9.80 Å². The van der Waals surface area contributed by atoms with Crippen molar-refractivity contribution in [1.29, 1.82) is 0 Å². The number of halogens is 1. The van der Waals surface area contributed by atoms with E-state index in [-0.39, 0.29) is 0 Å². The molecule has 6 heteroatoms. The molecular weight excluding hydrogens is 424 g/mol. The van der Waals surface area contributed by atoms with Crippen LogP contribution in [0, 0.1) is 12.3 Å². The summed E-state index contributed by atoms with van der Waals surface area (Å²) < 4.78 is 0. The molecule has 0 spiro atoms. The lowest BCUT2D eigenvalue weighted by molar-refractivity contribution is 0.273.